The zero-order valence-corrected chi connectivity index (χ0v) is 9.30. The van der Waals surface area contributed by atoms with E-state index < -0.39 is 0 Å². The van der Waals surface area contributed by atoms with Crippen LogP contribution in [0.25, 0.3) is 0 Å². The summed E-state index contributed by atoms with van der Waals surface area (Å²) < 4.78 is 0. The summed E-state index contributed by atoms with van der Waals surface area (Å²) in [7, 11) is 0. The van der Waals surface area contributed by atoms with Crippen molar-refractivity contribution in [1.82, 2.24) is 0 Å². The second-order valence-corrected chi connectivity index (χ2v) is 4.29. The number of aliphatic imine (C=N–C) groups is 1. The monoisotopic (exact) mass is 210 g/mol. The lowest BCUT2D eigenvalue weighted by atomic mass is 9.99. The number of allylic oxidation sites excluding steroid dienone is 2. The van der Waals surface area contributed by atoms with Gasteiger partial charge in [0.1, 0.15) is 0 Å². The van der Waals surface area contributed by atoms with Crippen LogP contribution in [0.1, 0.15) is 13.3 Å². The maximum Gasteiger partial charge on any atom is 0.0958 e. The molecule has 2 heteroatoms. The van der Waals surface area contributed by atoms with Crippen LogP contribution in [0.3, 0.4) is 0 Å². The molecule has 1 aliphatic heterocycles. The van der Waals surface area contributed by atoms with E-state index in [0.717, 1.165) is 6.42 Å². The summed E-state index contributed by atoms with van der Waals surface area (Å²) in [4.78, 5) is 6.73. The van der Waals surface area contributed by atoms with Crippen molar-refractivity contribution in [3.63, 3.8) is 0 Å². The molecule has 3 rings (SSSR count). The Bertz CT molecular complexity index is 483. The predicted octanol–water partition coefficient (Wildman–Crippen LogP) is 3.14. The van der Waals surface area contributed by atoms with Crippen molar-refractivity contribution in [2.45, 2.75) is 19.4 Å². The van der Waals surface area contributed by atoms with Crippen LogP contribution in [0.4, 0.5) is 5.69 Å². The number of hydrogen-bond donors (Lipinski definition) is 0. The molecule has 0 saturated heterocycles. The first-order valence-electron chi connectivity index (χ1n) is 5.59. The van der Waals surface area contributed by atoms with E-state index in [-0.39, 0.29) is 0 Å². The fourth-order valence-electron chi connectivity index (χ4n) is 2.20. The minimum absolute atomic E-state index is 0.324. The van der Waals surface area contributed by atoms with Crippen LogP contribution in [-0.2, 0) is 0 Å². The standard InChI is InChI=1S/C14H14N2/c1-11-7-8-14-13(9-11)15-10-16(14)12-5-3-2-4-6-12/h2-8,10,13H,9H2,1H3. The molecule has 0 fully saturated rings. The Kier molecular flexibility index (Phi) is 2.13. The van der Waals surface area contributed by atoms with E-state index in [1.54, 1.807) is 0 Å². The highest BCUT2D eigenvalue weighted by molar-refractivity contribution is 5.87. The van der Waals surface area contributed by atoms with Crippen LogP contribution < -0.4 is 4.90 Å². The van der Waals surface area contributed by atoms with Gasteiger partial charge >= 0.3 is 0 Å². The SMILES string of the molecule is CC1=CC=C2C(C1)N=CN2c1ccccc1. The quantitative estimate of drug-likeness (QED) is 0.695. The Morgan fingerprint density at radius 3 is 2.81 bits per heavy atom. The molecule has 1 aromatic rings. The highest BCUT2D eigenvalue weighted by Crippen LogP contribution is 2.31. The molecule has 0 aromatic heterocycles. The summed E-state index contributed by atoms with van der Waals surface area (Å²) in [6.45, 7) is 2.16. The van der Waals surface area contributed by atoms with Gasteiger partial charge in [0.25, 0.3) is 0 Å². The predicted molar refractivity (Wildman–Crippen MR) is 67.7 cm³/mol. The van der Waals surface area contributed by atoms with Gasteiger partial charge in [-0.15, -0.1) is 0 Å². The van der Waals surface area contributed by atoms with Gasteiger partial charge in [0.05, 0.1) is 12.4 Å². The molecular weight excluding hydrogens is 196 g/mol. The number of rotatable bonds is 1. The fourth-order valence-corrected chi connectivity index (χ4v) is 2.20. The molecule has 2 aliphatic rings. The van der Waals surface area contributed by atoms with Crippen LogP contribution in [0.5, 0.6) is 0 Å². The van der Waals surface area contributed by atoms with Crippen molar-refractivity contribution in [1.29, 1.82) is 0 Å². The van der Waals surface area contributed by atoms with E-state index in [4.69, 9.17) is 0 Å². The Labute approximate surface area is 95.6 Å². The summed E-state index contributed by atoms with van der Waals surface area (Å²) in [5.74, 6) is 0. The van der Waals surface area contributed by atoms with Crippen molar-refractivity contribution >= 4 is 12.0 Å². The fraction of sp³-hybridized carbons (Fsp3) is 0.214. The highest BCUT2D eigenvalue weighted by Gasteiger charge is 2.26. The van der Waals surface area contributed by atoms with Crippen molar-refractivity contribution < 1.29 is 0 Å². The summed E-state index contributed by atoms with van der Waals surface area (Å²) in [6, 6.07) is 10.7. The molecule has 1 aromatic carbocycles. The zero-order valence-electron chi connectivity index (χ0n) is 9.30. The van der Waals surface area contributed by atoms with Gasteiger partial charge in [0.15, 0.2) is 0 Å². The first kappa shape index (κ1) is 9.40. The molecule has 1 unspecified atom stereocenters. The van der Waals surface area contributed by atoms with Crippen molar-refractivity contribution in [3.8, 4) is 0 Å². The molecular formula is C14H14N2. The van der Waals surface area contributed by atoms with Crippen LogP contribution in [0, 0.1) is 0 Å². The maximum atomic E-state index is 4.56. The molecule has 0 radical (unpaired) electrons. The zero-order chi connectivity index (χ0) is 11.0. The van der Waals surface area contributed by atoms with E-state index in [1.807, 2.05) is 12.4 Å². The molecule has 0 spiro atoms. The average molecular weight is 210 g/mol. The number of anilines is 1. The molecule has 2 nitrogen and oxygen atoms in total. The maximum absolute atomic E-state index is 4.56. The van der Waals surface area contributed by atoms with Gasteiger partial charge in [0.2, 0.25) is 0 Å². The Hall–Kier alpha value is -1.83. The van der Waals surface area contributed by atoms with Gasteiger partial charge in [-0.2, -0.15) is 0 Å². The van der Waals surface area contributed by atoms with E-state index in [9.17, 15) is 0 Å². The number of para-hydroxylation sites is 1. The number of hydrogen-bond acceptors (Lipinski definition) is 2. The molecule has 0 amide bonds. The molecule has 16 heavy (non-hydrogen) atoms. The summed E-state index contributed by atoms with van der Waals surface area (Å²) >= 11 is 0. The molecule has 0 bridgehead atoms. The van der Waals surface area contributed by atoms with E-state index in [0.29, 0.717) is 6.04 Å². The van der Waals surface area contributed by atoms with E-state index in [1.165, 1.54) is 17.0 Å². The van der Waals surface area contributed by atoms with Gasteiger partial charge in [-0.3, -0.25) is 4.99 Å². The third-order valence-electron chi connectivity index (χ3n) is 3.07. The average Bonchev–Trinajstić information content (AvgIpc) is 2.73. The Morgan fingerprint density at radius 2 is 2.00 bits per heavy atom. The lowest BCUT2D eigenvalue weighted by Gasteiger charge is -2.22. The van der Waals surface area contributed by atoms with Gasteiger partial charge in [-0.05, 0) is 31.6 Å². The van der Waals surface area contributed by atoms with Gasteiger partial charge in [0, 0.05) is 11.4 Å². The third-order valence-corrected chi connectivity index (χ3v) is 3.07. The topological polar surface area (TPSA) is 15.6 Å². The summed E-state index contributed by atoms with van der Waals surface area (Å²) in [5, 5.41) is 0. The lowest BCUT2D eigenvalue weighted by Crippen LogP contribution is -2.22. The van der Waals surface area contributed by atoms with Crippen molar-refractivity contribution in [2.24, 2.45) is 4.99 Å². The van der Waals surface area contributed by atoms with Crippen LogP contribution in [0.15, 0.2) is 58.7 Å². The Balaban J connectivity index is 1.97. The minimum Gasteiger partial charge on any atom is -0.303 e. The molecule has 1 aliphatic carbocycles. The number of nitrogens with zero attached hydrogens (tertiary/aromatic N) is 2. The second-order valence-electron chi connectivity index (χ2n) is 4.29. The molecule has 0 N–H and O–H groups in total. The molecule has 80 valence electrons. The highest BCUT2D eigenvalue weighted by atomic mass is 15.2. The van der Waals surface area contributed by atoms with Gasteiger partial charge in [-0.25, -0.2) is 0 Å². The van der Waals surface area contributed by atoms with Crippen LogP contribution >= 0.6 is 0 Å². The summed E-state index contributed by atoms with van der Waals surface area (Å²) in [5.41, 5.74) is 3.88. The third kappa shape index (κ3) is 1.47. The van der Waals surface area contributed by atoms with Crippen LogP contribution in [0.2, 0.25) is 0 Å². The van der Waals surface area contributed by atoms with E-state index in [2.05, 4.69) is 53.2 Å². The van der Waals surface area contributed by atoms with Crippen molar-refractivity contribution in [3.05, 3.63) is 53.8 Å². The van der Waals surface area contributed by atoms with Gasteiger partial charge in [-0.1, -0.05) is 29.8 Å². The number of fused-ring (bicyclic) bond motifs is 1. The molecule has 1 heterocycles. The molecule has 0 saturated carbocycles. The first-order valence-corrected chi connectivity index (χ1v) is 5.59. The smallest absolute Gasteiger partial charge is 0.0958 e. The Morgan fingerprint density at radius 1 is 1.19 bits per heavy atom. The van der Waals surface area contributed by atoms with Crippen LogP contribution in [-0.4, -0.2) is 12.4 Å². The number of benzene rings is 1. The first-order chi connectivity index (χ1) is 7.84. The molecule has 1 atom stereocenters. The van der Waals surface area contributed by atoms with E-state index >= 15 is 0 Å². The van der Waals surface area contributed by atoms with Crippen molar-refractivity contribution in [2.75, 3.05) is 4.90 Å². The normalized spacial score (nSPS) is 22.8. The largest absolute Gasteiger partial charge is 0.303 e. The second kappa shape index (κ2) is 3.63. The minimum atomic E-state index is 0.324. The van der Waals surface area contributed by atoms with Gasteiger partial charge < -0.3 is 4.90 Å². The lowest BCUT2D eigenvalue weighted by molar-refractivity contribution is 0.766. The summed E-state index contributed by atoms with van der Waals surface area (Å²) in [6.07, 6.45) is 7.36.